The van der Waals surface area contributed by atoms with Crippen LogP contribution >= 0.6 is 0 Å². The van der Waals surface area contributed by atoms with Gasteiger partial charge in [0, 0.05) is 12.2 Å². The molecule has 6 heteroatoms. The van der Waals surface area contributed by atoms with Crippen molar-refractivity contribution in [3.63, 3.8) is 0 Å². The Balaban J connectivity index is 2.40. The third-order valence-electron chi connectivity index (χ3n) is 4.23. The predicted molar refractivity (Wildman–Crippen MR) is 101 cm³/mol. The van der Waals surface area contributed by atoms with Crippen LogP contribution in [-0.2, 0) is 14.3 Å². The Bertz CT molecular complexity index is 750. The predicted octanol–water partition coefficient (Wildman–Crippen LogP) is 3.40. The molecular weight excluding hydrogens is 346 g/mol. The van der Waals surface area contributed by atoms with Crippen molar-refractivity contribution in [2.75, 3.05) is 6.61 Å². The average molecular weight is 371 g/mol. The highest BCUT2D eigenvalue weighted by molar-refractivity contribution is 5.95. The SMILES string of the molecule is CCOC(C)OC(C)(C(=O)O)[C@H](NC(=O)c1ccccc1)c1ccccc1. The van der Waals surface area contributed by atoms with E-state index in [1.165, 1.54) is 6.92 Å². The fourth-order valence-electron chi connectivity index (χ4n) is 2.84. The molecule has 2 aromatic rings. The molecule has 0 aromatic heterocycles. The molecule has 2 unspecified atom stereocenters. The maximum Gasteiger partial charge on any atom is 0.338 e. The van der Waals surface area contributed by atoms with Crippen LogP contribution in [0.2, 0.25) is 0 Å². The third-order valence-corrected chi connectivity index (χ3v) is 4.23. The zero-order valence-corrected chi connectivity index (χ0v) is 15.7. The van der Waals surface area contributed by atoms with Crippen LogP contribution in [0.5, 0.6) is 0 Å². The molecule has 144 valence electrons. The van der Waals surface area contributed by atoms with E-state index in [0.717, 1.165) is 0 Å². The number of hydrogen-bond acceptors (Lipinski definition) is 4. The number of carbonyl (C=O) groups excluding carboxylic acids is 1. The first kappa shape index (κ1) is 20.6. The van der Waals surface area contributed by atoms with Crippen LogP contribution in [-0.4, -0.2) is 35.5 Å². The molecule has 0 aliphatic carbocycles. The minimum Gasteiger partial charge on any atom is -0.479 e. The molecule has 0 aliphatic rings. The lowest BCUT2D eigenvalue weighted by Gasteiger charge is -2.36. The summed E-state index contributed by atoms with van der Waals surface area (Å²) >= 11 is 0. The fourth-order valence-corrected chi connectivity index (χ4v) is 2.84. The van der Waals surface area contributed by atoms with Crippen molar-refractivity contribution >= 4 is 11.9 Å². The molecule has 0 fully saturated rings. The number of benzene rings is 2. The van der Waals surface area contributed by atoms with Crippen molar-refractivity contribution in [1.82, 2.24) is 5.32 Å². The minimum absolute atomic E-state index is 0.378. The van der Waals surface area contributed by atoms with Gasteiger partial charge in [0.2, 0.25) is 0 Å². The normalized spacial score (nSPS) is 15.4. The van der Waals surface area contributed by atoms with Crippen LogP contribution in [0.1, 0.15) is 42.7 Å². The summed E-state index contributed by atoms with van der Waals surface area (Å²) in [5.41, 5.74) is -0.681. The van der Waals surface area contributed by atoms with E-state index in [4.69, 9.17) is 9.47 Å². The summed E-state index contributed by atoms with van der Waals surface area (Å²) in [5, 5.41) is 12.8. The number of ether oxygens (including phenoxy) is 2. The first-order chi connectivity index (χ1) is 12.9. The molecule has 0 radical (unpaired) electrons. The van der Waals surface area contributed by atoms with Gasteiger partial charge in [-0.05, 0) is 38.5 Å². The van der Waals surface area contributed by atoms with E-state index in [-0.39, 0.29) is 5.91 Å². The highest BCUT2D eigenvalue weighted by Gasteiger charge is 2.46. The quantitative estimate of drug-likeness (QED) is 0.660. The highest BCUT2D eigenvalue weighted by atomic mass is 16.7. The second-order valence-electron chi connectivity index (χ2n) is 6.24. The number of amides is 1. The molecule has 0 saturated carbocycles. The summed E-state index contributed by atoms with van der Waals surface area (Å²) in [7, 11) is 0. The molecule has 2 rings (SSSR count). The van der Waals surface area contributed by atoms with Gasteiger partial charge in [0.1, 0.15) is 0 Å². The van der Waals surface area contributed by atoms with Gasteiger partial charge in [0.25, 0.3) is 5.91 Å². The molecule has 1 amide bonds. The maximum absolute atomic E-state index is 12.7. The average Bonchev–Trinajstić information content (AvgIpc) is 2.67. The van der Waals surface area contributed by atoms with Gasteiger partial charge in [0.15, 0.2) is 11.9 Å². The Morgan fingerprint density at radius 2 is 1.63 bits per heavy atom. The molecular formula is C21H25NO5. The van der Waals surface area contributed by atoms with Gasteiger partial charge in [-0.3, -0.25) is 4.79 Å². The summed E-state index contributed by atoms with van der Waals surface area (Å²) in [6.07, 6.45) is -0.754. The molecule has 0 heterocycles. The number of rotatable bonds is 9. The van der Waals surface area contributed by atoms with E-state index in [0.29, 0.717) is 17.7 Å². The molecule has 0 bridgehead atoms. The molecule has 0 saturated heterocycles. The number of carboxylic acids is 1. The second kappa shape index (κ2) is 9.30. The molecule has 0 spiro atoms. The van der Waals surface area contributed by atoms with Crippen LogP contribution < -0.4 is 5.32 Å². The summed E-state index contributed by atoms with van der Waals surface area (Å²) in [4.78, 5) is 24.9. The fraction of sp³-hybridized carbons (Fsp3) is 0.333. The lowest BCUT2D eigenvalue weighted by atomic mass is 9.89. The lowest BCUT2D eigenvalue weighted by molar-refractivity contribution is -0.217. The Kier molecular flexibility index (Phi) is 7.10. The summed E-state index contributed by atoms with van der Waals surface area (Å²) in [5.74, 6) is -1.58. The van der Waals surface area contributed by atoms with E-state index in [9.17, 15) is 14.7 Å². The van der Waals surface area contributed by atoms with Crippen molar-refractivity contribution in [2.24, 2.45) is 0 Å². The number of carboxylic acid groups (broad SMARTS) is 1. The third kappa shape index (κ3) is 5.15. The molecule has 27 heavy (non-hydrogen) atoms. The molecule has 2 aromatic carbocycles. The highest BCUT2D eigenvalue weighted by Crippen LogP contribution is 2.31. The van der Waals surface area contributed by atoms with Crippen molar-refractivity contribution < 1.29 is 24.2 Å². The van der Waals surface area contributed by atoms with E-state index < -0.39 is 23.9 Å². The van der Waals surface area contributed by atoms with E-state index in [1.54, 1.807) is 68.4 Å². The van der Waals surface area contributed by atoms with Crippen LogP contribution in [0.25, 0.3) is 0 Å². The van der Waals surface area contributed by atoms with E-state index in [2.05, 4.69) is 5.32 Å². The number of carbonyl (C=O) groups is 2. The monoisotopic (exact) mass is 371 g/mol. The van der Waals surface area contributed by atoms with Gasteiger partial charge in [0.05, 0.1) is 6.04 Å². The zero-order valence-electron chi connectivity index (χ0n) is 15.7. The Labute approximate surface area is 159 Å². The van der Waals surface area contributed by atoms with Crippen LogP contribution in [0, 0.1) is 0 Å². The van der Waals surface area contributed by atoms with Gasteiger partial charge < -0.3 is 19.9 Å². The molecule has 3 atom stereocenters. The number of hydrogen-bond donors (Lipinski definition) is 2. The van der Waals surface area contributed by atoms with Gasteiger partial charge in [-0.15, -0.1) is 0 Å². The van der Waals surface area contributed by atoms with Crippen LogP contribution in [0.4, 0.5) is 0 Å². The summed E-state index contributed by atoms with van der Waals surface area (Å²) in [6, 6.07) is 16.6. The Morgan fingerprint density at radius 3 is 2.15 bits per heavy atom. The van der Waals surface area contributed by atoms with Crippen LogP contribution in [0.3, 0.4) is 0 Å². The van der Waals surface area contributed by atoms with Gasteiger partial charge in [-0.2, -0.15) is 0 Å². The van der Waals surface area contributed by atoms with Crippen molar-refractivity contribution in [2.45, 2.75) is 38.7 Å². The van der Waals surface area contributed by atoms with E-state index >= 15 is 0 Å². The first-order valence-electron chi connectivity index (χ1n) is 8.82. The summed E-state index contributed by atoms with van der Waals surface area (Å²) < 4.78 is 11.1. The molecule has 2 N–H and O–H groups in total. The molecule has 0 aliphatic heterocycles. The first-order valence-corrected chi connectivity index (χ1v) is 8.82. The second-order valence-corrected chi connectivity index (χ2v) is 6.24. The van der Waals surface area contributed by atoms with Crippen molar-refractivity contribution in [1.29, 1.82) is 0 Å². The Morgan fingerprint density at radius 1 is 1.07 bits per heavy atom. The number of nitrogens with one attached hydrogen (secondary N) is 1. The standard InChI is InChI=1S/C21H25NO5/c1-4-26-15(2)27-21(3,20(24)25)18(16-11-7-5-8-12-16)22-19(23)17-13-9-6-10-14-17/h5-15,18H,4H2,1-3H3,(H,22,23)(H,24,25)/t15?,18-,21?/m1/s1. The maximum atomic E-state index is 12.7. The molecule has 6 nitrogen and oxygen atoms in total. The van der Waals surface area contributed by atoms with Gasteiger partial charge in [-0.1, -0.05) is 48.5 Å². The van der Waals surface area contributed by atoms with Gasteiger partial charge in [-0.25, -0.2) is 4.79 Å². The van der Waals surface area contributed by atoms with Crippen LogP contribution in [0.15, 0.2) is 60.7 Å². The topological polar surface area (TPSA) is 84.9 Å². The van der Waals surface area contributed by atoms with Crippen molar-refractivity contribution in [3.8, 4) is 0 Å². The summed E-state index contributed by atoms with van der Waals surface area (Å²) in [6.45, 7) is 5.24. The Hall–Kier alpha value is -2.70. The van der Waals surface area contributed by atoms with E-state index in [1.807, 2.05) is 6.07 Å². The van der Waals surface area contributed by atoms with Crippen molar-refractivity contribution in [3.05, 3.63) is 71.8 Å². The smallest absolute Gasteiger partial charge is 0.338 e. The zero-order chi connectivity index (χ0) is 19.9. The minimum atomic E-state index is -1.74. The lowest BCUT2D eigenvalue weighted by Crippen LogP contribution is -2.53. The largest absolute Gasteiger partial charge is 0.479 e. The number of aliphatic carboxylic acids is 1. The van der Waals surface area contributed by atoms with Gasteiger partial charge >= 0.3 is 5.97 Å².